The molecule has 1 amide bonds. The lowest BCUT2D eigenvalue weighted by Crippen LogP contribution is -2.26. The van der Waals surface area contributed by atoms with Crippen LogP contribution in [0.1, 0.15) is 23.2 Å². The molecular formula is C13H20FN3O2. The Bertz CT molecular complexity index is 426. The van der Waals surface area contributed by atoms with E-state index in [0.717, 1.165) is 12.8 Å². The van der Waals surface area contributed by atoms with Crippen LogP contribution < -0.4 is 16.8 Å². The van der Waals surface area contributed by atoms with Crippen molar-refractivity contribution in [3.8, 4) is 0 Å². The van der Waals surface area contributed by atoms with Crippen molar-refractivity contribution in [2.45, 2.75) is 18.9 Å². The molecule has 106 valence electrons. The first-order chi connectivity index (χ1) is 9.08. The van der Waals surface area contributed by atoms with Gasteiger partial charge in [0.05, 0.1) is 12.2 Å². The van der Waals surface area contributed by atoms with E-state index in [1.807, 2.05) is 0 Å². The molecule has 0 spiro atoms. The Labute approximate surface area is 112 Å². The normalized spacial score (nSPS) is 12.2. The molecule has 0 saturated heterocycles. The zero-order valence-electron chi connectivity index (χ0n) is 11.0. The molecule has 0 heterocycles. The molecule has 0 bridgehead atoms. The largest absolute Gasteiger partial charge is 0.383 e. The van der Waals surface area contributed by atoms with Gasteiger partial charge in [0.1, 0.15) is 5.82 Å². The third kappa shape index (κ3) is 4.84. The second-order valence-corrected chi connectivity index (χ2v) is 4.29. The Hall–Kier alpha value is -1.66. The molecule has 0 aliphatic rings. The second kappa shape index (κ2) is 7.70. The van der Waals surface area contributed by atoms with Gasteiger partial charge in [-0.1, -0.05) is 0 Å². The summed E-state index contributed by atoms with van der Waals surface area (Å²) in [5, 5.41) is 3.18. The minimum Gasteiger partial charge on any atom is -0.383 e. The molecule has 1 atom stereocenters. The van der Waals surface area contributed by atoms with Gasteiger partial charge in [-0.25, -0.2) is 4.39 Å². The van der Waals surface area contributed by atoms with Crippen LogP contribution in [0.2, 0.25) is 0 Å². The number of benzene rings is 1. The summed E-state index contributed by atoms with van der Waals surface area (Å²) < 4.78 is 18.4. The van der Waals surface area contributed by atoms with Gasteiger partial charge in [-0.3, -0.25) is 4.79 Å². The van der Waals surface area contributed by atoms with Crippen molar-refractivity contribution in [2.24, 2.45) is 11.5 Å². The number of hydrogen-bond acceptors (Lipinski definition) is 4. The number of rotatable bonds is 8. The highest BCUT2D eigenvalue weighted by atomic mass is 19.1. The Balaban J connectivity index is 2.78. The van der Waals surface area contributed by atoms with Crippen LogP contribution in [0.5, 0.6) is 0 Å². The third-order valence-electron chi connectivity index (χ3n) is 2.73. The number of halogens is 1. The highest BCUT2D eigenvalue weighted by molar-refractivity contribution is 5.94. The van der Waals surface area contributed by atoms with E-state index in [9.17, 15) is 9.18 Å². The molecule has 0 saturated carbocycles. The van der Waals surface area contributed by atoms with E-state index in [0.29, 0.717) is 18.8 Å². The number of hydrogen-bond donors (Lipinski definition) is 3. The zero-order chi connectivity index (χ0) is 14.3. The van der Waals surface area contributed by atoms with Gasteiger partial charge in [-0.2, -0.15) is 0 Å². The highest BCUT2D eigenvalue weighted by Gasteiger charge is 2.12. The molecule has 0 fully saturated rings. The van der Waals surface area contributed by atoms with E-state index < -0.39 is 11.7 Å². The van der Waals surface area contributed by atoms with Gasteiger partial charge in [-0.15, -0.1) is 0 Å². The summed E-state index contributed by atoms with van der Waals surface area (Å²) in [6.07, 6.45) is 1.68. The summed E-state index contributed by atoms with van der Waals surface area (Å²) in [5.74, 6) is -1.41. The topological polar surface area (TPSA) is 90.4 Å². The maximum Gasteiger partial charge on any atom is 0.251 e. The van der Waals surface area contributed by atoms with Crippen molar-refractivity contribution in [1.29, 1.82) is 0 Å². The minimum atomic E-state index is -0.786. The van der Waals surface area contributed by atoms with E-state index in [4.69, 9.17) is 16.2 Å². The first-order valence-corrected chi connectivity index (χ1v) is 6.13. The Morgan fingerprint density at radius 3 is 2.84 bits per heavy atom. The van der Waals surface area contributed by atoms with Crippen LogP contribution in [0.15, 0.2) is 18.2 Å². The number of amides is 1. The molecule has 1 aromatic rings. The lowest BCUT2D eigenvalue weighted by molar-refractivity contribution is 0.0996. The van der Waals surface area contributed by atoms with E-state index >= 15 is 0 Å². The highest BCUT2D eigenvalue weighted by Crippen LogP contribution is 2.16. The molecule has 5 nitrogen and oxygen atoms in total. The summed E-state index contributed by atoms with van der Waals surface area (Å²) in [6, 6.07) is 4.24. The molecular weight excluding hydrogens is 249 g/mol. The third-order valence-corrected chi connectivity index (χ3v) is 2.73. The average Bonchev–Trinajstić information content (AvgIpc) is 2.38. The fraction of sp³-hybridized carbons (Fsp3) is 0.462. The number of carbonyl (C=O) groups is 1. The van der Waals surface area contributed by atoms with Crippen LogP contribution in [-0.4, -0.2) is 32.2 Å². The molecule has 1 aromatic carbocycles. The predicted molar refractivity (Wildman–Crippen MR) is 72.5 cm³/mol. The van der Waals surface area contributed by atoms with Crippen molar-refractivity contribution < 1.29 is 13.9 Å². The molecule has 19 heavy (non-hydrogen) atoms. The van der Waals surface area contributed by atoms with Crippen molar-refractivity contribution in [3.05, 3.63) is 29.6 Å². The number of primary amides is 1. The SMILES string of the molecule is COCC(CCCN)Nc1ccc(F)c(C(N)=O)c1. The minimum absolute atomic E-state index is 0.0553. The molecule has 0 aliphatic carbocycles. The average molecular weight is 269 g/mol. The maximum atomic E-state index is 13.3. The van der Waals surface area contributed by atoms with Gasteiger partial charge in [0.2, 0.25) is 0 Å². The fourth-order valence-corrected chi connectivity index (χ4v) is 1.80. The standard InChI is InChI=1S/C13H20FN3O2/c1-19-8-10(3-2-6-15)17-9-4-5-12(14)11(7-9)13(16)18/h4-5,7,10,17H,2-3,6,8,15H2,1H3,(H2,16,18). The number of methoxy groups -OCH3 is 1. The molecule has 1 rings (SSSR count). The molecule has 0 aliphatic heterocycles. The Morgan fingerprint density at radius 1 is 1.53 bits per heavy atom. The molecule has 0 radical (unpaired) electrons. The van der Waals surface area contributed by atoms with Crippen molar-refractivity contribution >= 4 is 11.6 Å². The van der Waals surface area contributed by atoms with Gasteiger partial charge >= 0.3 is 0 Å². The summed E-state index contributed by atoms with van der Waals surface area (Å²) in [7, 11) is 1.61. The number of nitrogens with two attached hydrogens (primary N) is 2. The molecule has 0 aromatic heterocycles. The monoisotopic (exact) mass is 269 g/mol. The number of carbonyl (C=O) groups excluding carboxylic acids is 1. The summed E-state index contributed by atoms with van der Waals surface area (Å²) in [4.78, 5) is 11.1. The number of nitrogens with one attached hydrogen (secondary N) is 1. The summed E-state index contributed by atoms with van der Waals surface area (Å²) in [6.45, 7) is 1.10. The van der Waals surface area contributed by atoms with E-state index in [1.54, 1.807) is 13.2 Å². The quantitative estimate of drug-likeness (QED) is 0.659. The molecule has 5 N–H and O–H groups in total. The zero-order valence-corrected chi connectivity index (χ0v) is 11.0. The van der Waals surface area contributed by atoms with Crippen molar-refractivity contribution in [3.63, 3.8) is 0 Å². The van der Waals surface area contributed by atoms with E-state index in [2.05, 4.69) is 5.32 Å². The lowest BCUT2D eigenvalue weighted by atomic mass is 10.1. The van der Waals surface area contributed by atoms with Crippen LogP contribution in [0.25, 0.3) is 0 Å². The van der Waals surface area contributed by atoms with Crippen LogP contribution in [0, 0.1) is 5.82 Å². The predicted octanol–water partition coefficient (Wildman–Crippen LogP) is 1.09. The van der Waals surface area contributed by atoms with Gasteiger partial charge in [0, 0.05) is 18.8 Å². The fourth-order valence-electron chi connectivity index (χ4n) is 1.80. The summed E-state index contributed by atoms with van der Waals surface area (Å²) in [5.41, 5.74) is 11.1. The van der Waals surface area contributed by atoms with E-state index in [-0.39, 0.29) is 11.6 Å². The van der Waals surface area contributed by atoms with Crippen LogP contribution in [0.4, 0.5) is 10.1 Å². The second-order valence-electron chi connectivity index (χ2n) is 4.29. The maximum absolute atomic E-state index is 13.3. The van der Waals surface area contributed by atoms with E-state index in [1.165, 1.54) is 12.1 Å². The van der Waals surface area contributed by atoms with Gasteiger partial charge in [-0.05, 0) is 37.6 Å². The lowest BCUT2D eigenvalue weighted by Gasteiger charge is -2.19. The number of ether oxygens (including phenoxy) is 1. The van der Waals surface area contributed by atoms with Crippen molar-refractivity contribution in [1.82, 2.24) is 0 Å². The molecule has 1 unspecified atom stereocenters. The van der Waals surface area contributed by atoms with Gasteiger partial charge < -0.3 is 21.5 Å². The van der Waals surface area contributed by atoms with Crippen LogP contribution in [-0.2, 0) is 4.74 Å². The van der Waals surface area contributed by atoms with Gasteiger partial charge in [0.15, 0.2) is 0 Å². The number of anilines is 1. The summed E-state index contributed by atoms with van der Waals surface area (Å²) >= 11 is 0. The van der Waals surface area contributed by atoms with Crippen LogP contribution in [0.3, 0.4) is 0 Å². The first kappa shape index (κ1) is 15.4. The van der Waals surface area contributed by atoms with Crippen LogP contribution >= 0.6 is 0 Å². The van der Waals surface area contributed by atoms with Crippen molar-refractivity contribution in [2.75, 3.05) is 25.6 Å². The Morgan fingerprint density at radius 2 is 2.26 bits per heavy atom. The Kier molecular flexibility index (Phi) is 6.24. The molecule has 6 heteroatoms. The smallest absolute Gasteiger partial charge is 0.251 e. The first-order valence-electron chi connectivity index (χ1n) is 6.13. The van der Waals surface area contributed by atoms with Gasteiger partial charge in [0.25, 0.3) is 5.91 Å².